The zero-order valence-electron chi connectivity index (χ0n) is 23.9. The lowest BCUT2D eigenvalue weighted by Crippen LogP contribution is -2.38. The molecule has 5 rings (SSSR count). The summed E-state index contributed by atoms with van der Waals surface area (Å²) in [5, 5.41) is 12.2. The van der Waals surface area contributed by atoms with Gasteiger partial charge in [-0.05, 0) is 64.6 Å². The number of terminal acetylenes is 1. The highest BCUT2D eigenvalue weighted by molar-refractivity contribution is 7.89. The lowest BCUT2D eigenvalue weighted by atomic mass is 9.90. The summed E-state index contributed by atoms with van der Waals surface area (Å²) in [6, 6.07) is 20.7. The van der Waals surface area contributed by atoms with E-state index in [0.29, 0.717) is 12.2 Å². The molecule has 1 aliphatic heterocycles. The number of methoxy groups -OCH3 is 1. The standard InChI is InChI=1S/C33H34N2O7S/c1-3-14-34-33(37)31-21-25(23-8-13-30-26(19-23)20-24-6-4-5-7-29(24)30)22-32(42-31)41-18-16-35(15-17-36)43(38,39)28-11-9-27(40-2)10-12-28/h1,4-13,19,21,25,32,36H,14-18,20,22H2,2H3,(H,34,37)/t25-,32+/m1/s1. The van der Waals surface area contributed by atoms with Crippen LogP contribution >= 0.6 is 0 Å². The van der Waals surface area contributed by atoms with Gasteiger partial charge in [-0.1, -0.05) is 48.4 Å². The Kier molecular flexibility index (Phi) is 9.48. The quantitative estimate of drug-likeness (QED) is 0.239. The SMILES string of the molecule is C#CCNC(=O)C1=C[C@@H](c2ccc3c(c2)Cc2ccccc2-3)C[C@@H](OCCN(CCO)S(=O)(=O)c2ccc(OC)cc2)O1. The van der Waals surface area contributed by atoms with E-state index < -0.39 is 22.2 Å². The first kappa shape index (κ1) is 30.3. The monoisotopic (exact) mass is 602 g/mol. The second kappa shape index (κ2) is 13.4. The summed E-state index contributed by atoms with van der Waals surface area (Å²) in [5.41, 5.74) is 5.97. The van der Waals surface area contributed by atoms with Crippen molar-refractivity contribution in [1.82, 2.24) is 9.62 Å². The third-order valence-electron chi connectivity index (χ3n) is 7.57. The molecule has 3 aromatic carbocycles. The number of sulfonamides is 1. The molecule has 9 nitrogen and oxygen atoms in total. The molecule has 0 saturated carbocycles. The van der Waals surface area contributed by atoms with E-state index in [0.717, 1.165) is 16.3 Å². The maximum absolute atomic E-state index is 13.3. The predicted molar refractivity (Wildman–Crippen MR) is 162 cm³/mol. The Labute approximate surface area is 252 Å². The third-order valence-corrected chi connectivity index (χ3v) is 9.48. The molecule has 0 fully saturated rings. The molecule has 0 aromatic heterocycles. The van der Waals surface area contributed by atoms with Crippen LogP contribution in [0.2, 0.25) is 0 Å². The fourth-order valence-corrected chi connectivity index (χ4v) is 6.83. The summed E-state index contributed by atoms with van der Waals surface area (Å²) in [6.45, 7) is -0.471. The van der Waals surface area contributed by atoms with Crippen LogP contribution in [0.15, 0.2) is 83.5 Å². The number of aliphatic hydroxyl groups is 1. The van der Waals surface area contributed by atoms with Crippen molar-refractivity contribution in [2.75, 3.05) is 40.0 Å². The first-order valence-corrected chi connectivity index (χ1v) is 15.5. The van der Waals surface area contributed by atoms with E-state index in [2.05, 4.69) is 41.6 Å². The summed E-state index contributed by atoms with van der Waals surface area (Å²) in [7, 11) is -2.41. The molecule has 2 N–H and O–H groups in total. The number of benzene rings is 3. The van der Waals surface area contributed by atoms with Gasteiger partial charge in [-0.15, -0.1) is 6.42 Å². The number of rotatable bonds is 12. The van der Waals surface area contributed by atoms with E-state index >= 15 is 0 Å². The number of hydrogen-bond donors (Lipinski definition) is 2. The number of amides is 1. The molecule has 2 aliphatic rings. The van der Waals surface area contributed by atoms with Gasteiger partial charge in [-0.3, -0.25) is 4.79 Å². The zero-order valence-corrected chi connectivity index (χ0v) is 24.7. The van der Waals surface area contributed by atoms with Crippen LogP contribution in [0, 0.1) is 12.3 Å². The van der Waals surface area contributed by atoms with Gasteiger partial charge in [-0.25, -0.2) is 8.42 Å². The fraction of sp³-hybridized carbons (Fsp3) is 0.303. The van der Waals surface area contributed by atoms with Crippen molar-refractivity contribution in [3.63, 3.8) is 0 Å². The third kappa shape index (κ3) is 6.76. The van der Waals surface area contributed by atoms with Crippen LogP contribution in [0.25, 0.3) is 11.1 Å². The maximum atomic E-state index is 13.3. The van der Waals surface area contributed by atoms with Crippen LogP contribution in [-0.2, 0) is 30.7 Å². The molecule has 1 aliphatic carbocycles. The first-order valence-electron chi connectivity index (χ1n) is 14.0. The summed E-state index contributed by atoms with van der Waals surface area (Å²) in [6.07, 6.45) is 7.55. The van der Waals surface area contributed by atoms with Crippen LogP contribution in [0.1, 0.15) is 29.0 Å². The number of allylic oxidation sites excluding steroid dienone is 1. The number of nitrogens with zero attached hydrogens (tertiary/aromatic N) is 1. The molecule has 224 valence electrons. The van der Waals surface area contributed by atoms with Crippen LogP contribution in [0.4, 0.5) is 0 Å². The molecule has 1 amide bonds. The number of carbonyl (C=O) groups excluding carboxylic acids is 1. The number of carbonyl (C=O) groups is 1. The van der Waals surface area contributed by atoms with E-state index in [1.165, 1.54) is 41.5 Å². The normalized spacial score (nSPS) is 17.3. The molecule has 0 spiro atoms. The van der Waals surface area contributed by atoms with Crippen molar-refractivity contribution in [2.24, 2.45) is 0 Å². The van der Waals surface area contributed by atoms with Crippen LogP contribution in [-0.4, -0.2) is 70.0 Å². The Bertz CT molecular complexity index is 1640. The fourth-order valence-electron chi connectivity index (χ4n) is 5.41. The van der Waals surface area contributed by atoms with Crippen LogP contribution < -0.4 is 10.1 Å². The number of fused-ring (bicyclic) bond motifs is 3. The van der Waals surface area contributed by atoms with Crippen molar-refractivity contribution in [3.8, 4) is 29.2 Å². The molecule has 10 heteroatoms. The Hall–Kier alpha value is -4.14. The van der Waals surface area contributed by atoms with Gasteiger partial charge < -0.3 is 24.6 Å². The van der Waals surface area contributed by atoms with Gasteiger partial charge in [0, 0.05) is 25.4 Å². The molecule has 0 radical (unpaired) electrons. The second-order valence-corrected chi connectivity index (χ2v) is 12.2. The summed E-state index contributed by atoms with van der Waals surface area (Å²) >= 11 is 0. The molecule has 0 bridgehead atoms. The average Bonchev–Trinajstić information content (AvgIpc) is 3.41. The Morgan fingerprint density at radius 1 is 1.09 bits per heavy atom. The van der Waals surface area contributed by atoms with Gasteiger partial charge in [0.05, 0.1) is 31.8 Å². The number of hydrogen-bond acceptors (Lipinski definition) is 7. The summed E-state index contributed by atoms with van der Waals surface area (Å²) in [5.74, 6) is 2.38. The van der Waals surface area contributed by atoms with E-state index in [9.17, 15) is 18.3 Å². The van der Waals surface area contributed by atoms with Gasteiger partial charge in [0.15, 0.2) is 5.76 Å². The minimum atomic E-state index is -3.91. The smallest absolute Gasteiger partial charge is 0.286 e. The van der Waals surface area contributed by atoms with Gasteiger partial charge in [0.2, 0.25) is 16.3 Å². The van der Waals surface area contributed by atoms with E-state index in [1.807, 2.05) is 12.1 Å². The van der Waals surface area contributed by atoms with Crippen molar-refractivity contribution in [3.05, 3.63) is 95.3 Å². The molecule has 3 aromatic rings. The second-order valence-electron chi connectivity index (χ2n) is 10.2. The average molecular weight is 603 g/mol. The topological polar surface area (TPSA) is 114 Å². The number of nitrogens with one attached hydrogen (secondary N) is 1. The first-order chi connectivity index (χ1) is 20.8. The molecule has 2 atom stereocenters. The number of ether oxygens (including phenoxy) is 3. The highest BCUT2D eigenvalue weighted by Gasteiger charge is 2.31. The minimum Gasteiger partial charge on any atom is -0.497 e. The molecular formula is C33H34N2O7S. The highest BCUT2D eigenvalue weighted by Crippen LogP contribution is 2.39. The lowest BCUT2D eigenvalue weighted by molar-refractivity contribution is -0.146. The summed E-state index contributed by atoms with van der Waals surface area (Å²) in [4.78, 5) is 12.9. The van der Waals surface area contributed by atoms with Crippen molar-refractivity contribution >= 4 is 15.9 Å². The maximum Gasteiger partial charge on any atom is 0.286 e. The van der Waals surface area contributed by atoms with E-state index in [1.54, 1.807) is 18.2 Å². The lowest BCUT2D eigenvalue weighted by Gasteiger charge is -2.30. The number of aliphatic hydroxyl groups excluding tert-OH is 1. The predicted octanol–water partition coefficient (Wildman–Crippen LogP) is 3.43. The van der Waals surface area contributed by atoms with E-state index in [4.69, 9.17) is 20.6 Å². The Morgan fingerprint density at radius 2 is 1.86 bits per heavy atom. The van der Waals surface area contributed by atoms with Gasteiger partial charge in [-0.2, -0.15) is 4.31 Å². The van der Waals surface area contributed by atoms with Crippen LogP contribution in [0.3, 0.4) is 0 Å². The Balaban J connectivity index is 1.31. The van der Waals surface area contributed by atoms with Crippen molar-refractivity contribution in [2.45, 2.75) is 29.9 Å². The molecule has 1 heterocycles. The zero-order chi connectivity index (χ0) is 30.4. The van der Waals surface area contributed by atoms with E-state index in [-0.39, 0.29) is 49.4 Å². The van der Waals surface area contributed by atoms with Gasteiger partial charge >= 0.3 is 0 Å². The molecular weight excluding hydrogens is 568 g/mol. The van der Waals surface area contributed by atoms with Gasteiger partial charge in [0.1, 0.15) is 5.75 Å². The summed E-state index contributed by atoms with van der Waals surface area (Å²) < 4.78 is 44.7. The minimum absolute atomic E-state index is 0.0223. The molecule has 43 heavy (non-hydrogen) atoms. The Morgan fingerprint density at radius 3 is 2.60 bits per heavy atom. The highest BCUT2D eigenvalue weighted by atomic mass is 32.2. The van der Waals surface area contributed by atoms with Crippen molar-refractivity contribution < 1.29 is 32.5 Å². The van der Waals surface area contributed by atoms with Gasteiger partial charge in [0.25, 0.3) is 5.91 Å². The molecule has 0 unspecified atom stereocenters. The van der Waals surface area contributed by atoms with Crippen molar-refractivity contribution in [1.29, 1.82) is 0 Å². The molecule has 0 saturated heterocycles. The van der Waals surface area contributed by atoms with Crippen LogP contribution in [0.5, 0.6) is 5.75 Å². The largest absolute Gasteiger partial charge is 0.497 e.